The highest BCUT2D eigenvalue weighted by Crippen LogP contribution is 2.18. The number of sulfonamides is 1. The average molecular weight is 453 g/mol. The van der Waals surface area contributed by atoms with Crippen LogP contribution in [-0.2, 0) is 14.8 Å². The van der Waals surface area contributed by atoms with Crippen molar-refractivity contribution in [1.29, 1.82) is 0 Å². The van der Waals surface area contributed by atoms with Crippen molar-refractivity contribution in [3.8, 4) is 0 Å². The molecule has 0 bridgehead atoms. The number of benzene rings is 2. The molecule has 144 valence electrons. The lowest BCUT2D eigenvalue weighted by Crippen LogP contribution is -2.32. The summed E-state index contributed by atoms with van der Waals surface area (Å²) in [6.45, 7) is 3.25. The third kappa shape index (κ3) is 6.27. The van der Waals surface area contributed by atoms with Gasteiger partial charge in [0.2, 0.25) is 15.9 Å². The van der Waals surface area contributed by atoms with E-state index in [0.29, 0.717) is 5.56 Å². The van der Waals surface area contributed by atoms with E-state index >= 15 is 0 Å². The van der Waals surface area contributed by atoms with Gasteiger partial charge in [-0.05, 0) is 43.7 Å². The van der Waals surface area contributed by atoms with Gasteiger partial charge in [0.25, 0.3) is 0 Å². The van der Waals surface area contributed by atoms with Crippen molar-refractivity contribution in [2.75, 3.05) is 6.54 Å². The van der Waals surface area contributed by atoms with Gasteiger partial charge in [-0.1, -0.05) is 40.2 Å². The molecule has 2 aromatic rings. The SMILES string of the molecule is CC(=O)c1ccc(S(=O)(=O)NCCC(=O)NC(C)c2cccc(Br)c2)cc1. The van der Waals surface area contributed by atoms with Gasteiger partial charge in [0.15, 0.2) is 5.78 Å². The summed E-state index contributed by atoms with van der Waals surface area (Å²) in [6.07, 6.45) is 0.0170. The summed E-state index contributed by atoms with van der Waals surface area (Å²) < 4.78 is 27.8. The third-order valence-corrected chi connectivity index (χ3v) is 5.91. The second kappa shape index (κ2) is 9.25. The van der Waals surface area contributed by atoms with Gasteiger partial charge in [-0.3, -0.25) is 9.59 Å². The minimum absolute atomic E-state index is 0.0170. The molecule has 27 heavy (non-hydrogen) atoms. The highest BCUT2D eigenvalue weighted by molar-refractivity contribution is 9.10. The molecule has 1 unspecified atom stereocenters. The van der Waals surface area contributed by atoms with Crippen molar-refractivity contribution < 1.29 is 18.0 Å². The van der Waals surface area contributed by atoms with E-state index in [2.05, 4.69) is 26.0 Å². The van der Waals surface area contributed by atoms with Crippen LogP contribution in [0, 0.1) is 0 Å². The molecule has 2 N–H and O–H groups in total. The molecular weight excluding hydrogens is 432 g/mol. The summed E-state index contributed by atoms with van der Waals surface area (Å²) in [5.41, 5.74) is 1.39. The Kier molecular flexibility index (Phi) is 7.29. The summed E-state index contributed by atoms with van der Waals surface area (Å²) in [4.78, 5) is 23.4. The first-order valence-corrected chi connectivity index (χ1v) is 10.6. The first kappa shape index (κ1) is 21.3. The Balaban J connectivity index is 1.87. The maximum atomic E-state index is 12.2. The van der Waals surface area contributed by atoms with Crippen molar-refractivity contribution in [2.45, 2.75) is 31.2 Å². The van der Waals surface area contributed by atoms with E-state index in [1.807, 2.05) is 31.2 Å². The van der Waals surface area contributed by atoms with E-state index < -0.39 is 10.0 Å². The summed E-state index contributed by atoms with van der Waals surface area (Å²) in [6, 6.07) is 13.1. The van der Waals surface area contributed by atoms with Crippen molar-refractivity contribution in [2.24, 2.45) is 0 Å². The van der Waals surface area contributed by atoms with E-state index in [4.69, 9.17) is 0 Å². The third-order valence-electron chi connectivity index (χ3n) is 3.94. The van der Waals surface area contributed by atoms with Crippen molar-refractivity contribution >= 4 is 37.6 Å². The number of hydrogen-bond donors (Lipinski definition) is 2. The molecule has 0 saturated heterocycles. The minimum atomic E-state index is -3.73. The zero-order chi connectivity index (χ0) is 20.0. The normalized spacial score (nSPS) is 12.4. The van der Waals surface area contributed by atoms with Crippen LogP contribution in [0.1, 0.15) is 42.2 Å². The Hall–Kier alpha value is -2.03. The lowest BCUT2D eigenvalue weighted by Gasteiger charge is -2.15. The summed E-state index contributed by atoms with van der Waals surface area (Å²) >= 11 is 3.39. The van der Waals surface area contributed by atoms with Crippen LogP contribution in [0.25, 0.3) is 0 Å². The highest BCUT2D eigenvalue weighted by atomic mass is 79.9. The Morgan fingerprint density at radius 3 is 2.37 bits per heavy atom. The molecule has 6 nitrogen and oxygen atoms in total. The Bertz CT molecular complexity index is 927. The molecule has 0 heterocycles. The lowest BCUT2D eigenvalue weighted by molar-refractivity contribution is -0.121. The molecule has 2 rings (SSSR count). The Labute approximate surface area is 167 Å². The van der Waals surface area contributed by atoms with Gasteiger partial charge >= 0.3 is 0 Å². The maximum absolute atomic E-state index is 12.2. The number of rotatable bonds is 8. The lowest BCUT2D eigenvalue weighted by atomic mass is 10.1. The van der Waals surface area contributed by atoms with E-state index in [0.717, 1.165) is 10.0 Å². The zero-order valence-electron chi connectivity index (χ0n) is 15.0. The van der Waals surface area contributed by atoms with Crippen LogP contribution in [0.5, 0.6) is 0 Å². The van der Waals surface area contributed by atoms with Gasteiger partial charge in [0.05, 0.1) is 10.9 Å². The molecule has 0 aliphatic rings. The standard InChI is InChI=1S/C19H21BrN2O4S/c1-13(16-4-3-5-17(20)12-16)22-19(24)10-11-21-27(25,26)18-8-6-15(7-9-18)14(2)23/h3-9,12-13,21H,10-11H2,1-2H3,(H,22,24). The quantitative estimate of drug-likeness (QED) is 0.601. The first-order valence-electron chi connectivity index (χ1n) is 8.34. The smallest absolute Gasteiger partial charge is 0.240 e. The van der Waals surface area contributed by atoms with Crippen molar-refractivity contribution in [3.05, 3.63) is 64.1 Å². The number of carbonyl (C=O) groups excluding carboxylic acids is 2. The van der Waals surface area contributed by atoms with Gasteiger partial charge in [0.1, 0.15) is 0 Å². The number of carbonyl (C=O) groups is 2. The average Bonchev–Trinajstić information content (AvgIpc) is 2.61. The van der Waals surface area contributed by atoms with Crippen LogP contribution in [0.4, 0.5) is 0 Å². The number of nitrogens with one attached hydrogen (secondary N) is 2. The van der Waals surface area contributed by atoms with Gasteiger partial charge in [-0.25, -0.2) is 13.1 Å². The fraction of sp³-hybridized carbons (Fsp3) is 0.263. The molecule has 0 aliphatic carbocycles. The molecule has 1 amide bonds. The first-order chi connectivity index (χ1) is 12.7. The number of ketones is 1. The van der Waals surface area contributed by atoms with E-state index in [-0.39, 0.29) is 35.6 Å². The van der Waals surface area contributed by atoms with Crippen LogP contribution in [-0.4, -0.2) is 26.7 Å². The Morgan fingerprint density at radius 1 is 1.11 bits per heavy atom. The molecule has 0 spiro atoms. The van der Waals surface area contributed by atoms with E-state index in [1.165, 1.54) is 31.2 Å². The van der Waals surface area contributed by atoms with E-state index in [1.54, 1.807) is 0 Å². The molecular formula is C19H21BrN2O4S. The van der Waals surface area contributed by atoms with Crippen LogP contribution < -0.4 is 10.0 Å². The van der Waals surface area contributed by atoms with Crippen molar-refractivity contribution in [1.82, 2.24) is 10.0 Å². The van der Waals surface area contributed by atoms with Crippen molar-refractivity contribution in [3.63, 3.8) is 0 Å². The van der Waals surface area contributed by atoms with Gasteiger partial charge in [-0.2, -0.15) is 0 Å². The second-order valence-corrected chi connectivity index (χ2v) is 8.76. The Morgan fingerprint density at radius 2 is 1.78 bits per heavy atom. The minimum Gasteiger partial charge on any atom is -0.350 e. The van der Waals surface area contributed by atoms with Crippen LogP contribution in [0.3, 0.4) is 0 Å². The topological polar surface area (TPSA) is 92.3 Å². The maximum Gasteiger partial charge on any atom is 0.240 e. The van der Waals surface area contributed by atoms with E-state index in [9.17, 15) is 18.0 Å². The molecule has 0 saturated carbocycles. The molecule has 0 aromatic heterocycles. The molecule has 0 radical (unpaired) electrons. The fourth-order valence-electron chi connectivity index (χ4n) is 2.42. The second-order valence-electron chi connectivity index (χ2n) is 6.07. The molecule has 0 fully saturated rings. The molecule has 1 atom stereocenters. The number of hydrogen-bond acceptors (Lipinski definition) is 4. The summed E-state index contributed by atoms with van der Waals surface area (Å²) in [5.74, 6) is -0.389. The summed E-state index contributed by atoms with van der Waals surface area (Å²) in [5, 5.41) is 2.84. The van der Waals surface area contributed by atoms with Crippen LogP contribution in [0.15, 0.2) is 57.9 Å². The number of Topliss-reactive ketones (excluding diaryl/α,β-unsaturated/α-hetero) is 1. The molecule has 8 heteroatoms. The monoisotopic (exact) mass is 452 g/mol. The van der Waals surface area contributed by atoms with Crippen LogP contribution in [0.2, 0.25) is 0 Å². The predicted molar refractivity (Wildman–Crippen MR) is 107 cm³/mol. The highest BCUT2D eigenvalue weighted by Gasteiger charge is 2.15. The van der Waals surface area contributed by atoms with Gasteiger partial charge < -0.3 is 5.32 Å². The predicted octanol–water partition coefficient (Wildman–Crippen LogP) is 3.20. The number of halogens is 1. The van der Waals surface area contributed by atoms with Gasteiger partial charge in [-0.15, -0.1) is 0 Å². The molecule has 0 aliphatic heterocycles. The number of amides is 1. The summed E-state index contributed by atoms with van der Waals surface area (Å²) in [7, 11) is -3.73. The fourth-order valence-corrected chi connectivity index (χ4v) is 3.87. The molecule has 2 aromatic carbocycles. The van der Waals surface area contributed by atoms with Crippen LogP contribution >= 0.6 is 15.9 Å². The zero-order valence-corrected chi connectivity index (χ0v) is 17.4. The van der Waals surface area contributed by atoms with Gasteiger partial charge in [0, 0.05) is 23.0 Å². The largest absolute Gasteiger partial charge is 0.350 e.